The normalized spacial score (nSPS) is 33.7. The molecule has 4 N–H and O–H groups in total. The number of aromatic hydroxyl groups is 1. The van der Waals surface area contributed by atoms with E-state index in [0.717, 1.165) is 5.56 Å². The molecule has 3 aliphatic carbocycles. The molecule has 0 spiro atoms. The summed E-state index contributed by atoms with van der Waals surface area (Å²) in [5, 5.41) is 24.1. The van der Waals surface area contributed by atoms with Crippen LogP contribution in [0.2, 0.25) is 0 Å². The van der Waals surface area contributed by atoms with Gasteiger partial charge in [-0.3, -0.25) is 33.8 Å². The molecule has 41 heavy (non-hydrogen) atoms. The van der Waals surface area contributed by atoms with Crippen LogP contribution in [-0.2, 0) is 32.1 Å². The van der Waals surface area contributed by atoms with Gasteiger partial charge >= 0.3 is 0 Å². The number of amides is 1. The van der Waals surface area contributed by atoms with Crippen LogP contribution in [0, 0.1) is 23.7 Å². The molecule has 1 aliphatic heterocycles. The third-order valence-electron chi connectivity index (χ3n) is 9.55. The van der Waals surface area contributed by atoms with Crippen LogP contribution in [0.5, 0.6) is 5.75 Å². The van der Waals surface area contributed by atoms with Gasteiger partial charge in [0, 0.05) is 30.9 Å². The van der Waals surface area contributed by atoms with Crippen LogP contribution in [0.25, 0.3) is 10.8 Å². The van der Waals surface area contributed by atoms with Crippen LogP contribution >= 0.6 is 0 Å². The number of likely N-dealkylation sites (tertiary alicyclic amines) is 1. The van der Waals surface area contributed by atoms with Gasteiger partial charge in [-0.1, -0.05) is 18.2 Å². The Kier molecular flexibility index (Phi) is 6.40. The fraction of sp³-hybridized carbons (Fsp3) is 0.500. The number of phenols is 1. The van der Waals surface area contributed by atoms with Crippen LogP contribution in [0.15, 0.2) is 24.3 Å². The lowest BCUT2D eigenvalue weighted by Gasteiger charge is -2.52. The first-order chi connectivity index (χ1) is 19.3. The molecule has 216 valence electrons. The lowest BCUT2D eigenvalue weighted by Crippen LogP contribution is -2.74. The highest BCUT2D eigenvalue weighted by Crippen LogP contribution is 2.51. The molecule has 3 fully saturated rings. The number of hydrogen-bond donors (Lipinski definition) is 3. The predicted molar refractivity (Wildman–Crippen MR) is 144 cm³/mol. The first kappa shape index (κ1) is 27.6. The molecule has 2 aromatic rings. The molecule has 4 aliphatic rings. The van der Waals surface area contributed by atoms with Crippen molar-refractivity contribution in [2.45, 2.75) is 43.6 Å². The molecule has 1 heterocycles. The second-order valence-corrected chi connectivity index (χ2v) is 12.2. The van der Waals surface area contributed by atoms with Gasteiger partial charge in [0.25, 0.3) is 0 Å². The monoisotopic (exact) mass is 565 g/mol. The third kappa shape index (κ3) is 3.97. The van der Waals surface area contributed by atoms with E-state index >= 15 is 0 Å². The summed E-state index contributed by atoms with van der Waals surface area (Å²) < 4.78 is 13.7. The minimum absolute atomic E-state index is 0.00698. The number of hydrogen-bond acceptors (Lipinski definition) is 9. The molecule has 0 bridgehead atoms. The Hall–Kier alpha value is -3.54. The summed E-state index contributed by atoms with van der Waals surface area (Å²) in [4.78, 5) is 70.0. The largest absolute Gasteiger partial charge is 0.507 e. The average molecular weight is 566 g/mol. The van der Waals surface area contributed by atoms with Crippen molar-refractivity contribution < 1.29 is 38.6 Å². The van der Waals surface area contributed by atoms with E-state index in [1.165, 1.54) is 4.90 Å². The van der Waals surface area contributed by atoms with Crippen molar-refractivity contribution in [3.8, 4) is 5.75 Å². The van der Waals surface area contributed by atoms with Crippen LogP contribution in [0.3, 0.4) is 0 Å². The van der Waals surface area contributed by atoms with E-state index < -0.39 is 70.5 Å². The number of carbonyl (C=O) groups excluding carboxylic acids is 5. The highest BCUT2D eigenvalue weighted by Gasteiger charge is 2.69. The van der Waals surface area contributed by atoms with E-state index in [-0.39, 0.29) is 24.2 Å². The fourth-order valence-electron chi connectivity index (χ4n) is 7.71. The van der Waals surface area contributed by atoms with Crippen LogP contribution in [0.4, 0.5) is 4.39 Å². The molecular formula is C30H32FN3O7. The number of nitrogens with zero attached hydrogens (tertiary/aromatic N) is 2. The number of rotatable bonds is 4. The van der Waals surface area contributed by atoms with Crippen LogP contribution < -0.4 is 5.73 Å². The number of alkyl halides is 1. The number of fused-ring (bicyclic) bond motifs is 4. The molecule has 10 nitrogen and oxygen atoms in total. The van der Waals surface area contributed by atoms with Gasteiger partial charge in [-0.2, -0.15) is 0 Å². The highest BCUT2D eigenvalue weighted by molar-refractivity contribution is 6.32. The van der Waals surface area contributed by atoms with Gasteiger partial charge in [-0.15, -0.1) is 0 Å². The molecule has 2 aromatic carbocycles. The second-order valence-electron chi connectivity index (χ2n) is 12.2. The summed E-state index contributed by atoms with van der Waals surface area (Å²) in [6.45, 7) is 1.43. The molecule has 0 radical (unpaired) electrons. The predicted octanol–water partition coefficient (Wildman–Crippen LogP) is 0.564. The number of Topliss-reactive ketones (excluding diaryl/α,β-unsaturated/α-hetero) is 4. The SMILES string of the molecule is CN(C)[C@@H]1C(=O)C(C(N)=O)C(=O)[C@@]2(O)C(=O)C3C(=O)c4c(cc5ccc(CN6CC[C@H](F)C6)cc5c4O)C[C@H]3C[C@@H]12. The fourth-order valence-corrected chi connectivity index (χ4v) is 7.71. The zero-order valence-corrected chi connectivity index (χ0v) is 22.8. The smallest absolute Gasteiger partial charge is 0.235 e. The molecule has 0 aromatic heterocycles. The number of carbonyl (C=O) groups is 5. The molecule has 2 unspecified atom stereocenters. The van der Waals surface area contributed by atoms with Gasteiger partial charge in [0.05, 0.1) is 17.5 Å². The lowest BCUT2D eigenvalue weighted by molar-refractivity contribution is -0.181. The van der Waals surface area contributed by atoms with Crippen molar-refractivity contribution in [3.05, 3.63) is 41.0 Å². The summed E-state index contributed by atoms with van der Waals surface area (Å²) in [5.74, 6) is -10.6. The summed E-state index contributed by atoms with van der Waals surface area (Å²) in [6, 6.07) is 6.14. The van der Waals surface area contributed by atoms with E-state index in [4.69, 9.17) is 5.73 Å². The standard InChI is InChI=1S/C30H32FN3O7/c1-33(2)23-19-10-16-9-15-8-14-4-3-13(11-34-6-5-17(31)12-34)7-18(14)24(35)20(15)25(36)21(16)27(38)30(19,41)28(39)22(26(23)37)29(32)40/h3-4,7-8,16-17,19,21-23,35,41H,5-6,9-12H2,1-2H3,(H2,32,40)/t16-,17-,19-,21?,22?,23-,30-/m0/s1. The van der Waals surface area contributed by atoms with Crippen molar-refractivity contribution >= 4 is 39.8 Å². The van der Waals surface area contributed by atoms with E-state index in [2.05, 4.69) is 0 Å². The molecule has 1 saturated heterocycles. The Bertz CT molecular complexity index is 1540. The average Bonchev–Trinajstić information content (AvgIpc) is 3.30. The zero-order chi connectivity index (χ0) is 29.5. The van der Waals surface area contributed by atoms with Crippen LogP contribution in [0.1, 0.15) is 34.3 Å². The summed E-state index contributed by atoms with van der Waals surface area (Å²) in [7, 11) is 3.10. The second kappa shape index (κ2) is 9.50. The molecule has 11 heteroatoms. The van der Waals surface area contributed by atoms with Crippen LogP contribution in [-0.4, -0.2) is 94.1 Å². The molecule has 6 rings (SSSR count). The number of primary amides is 1. The summed E-state index contributed by atoms with van der Waals surface area (Å²) in [6.07, 6.45) is -0.184. The van der Waals surface area contributed by atoms with Crippen molar-refractivity contribution in [1.82, 2.24) is 9.80 Å². The number of aliphatic hydroxyl groups is 1. The Labute approximate surface area is 235 Å². The maximum Gasteiger partial charge on any atom is 0.235 e. The first-order valence-corrected chi connectivity index (χ1v) is 13.8. The van der Waals surface area contributed by atoms with Gasteiger partial charge in [-0.25, -0.2) is 4.39 Å². The van der Waals surface area contributed by atoms with Gasteiger partial charge in [0.1, 0.15) is 11.9 Å². The lowest BCUT2D eigenvalue weighted by atomic mass is 9.52. The first-order valence-electron chi connectivity index (χ1n) is 13.8. The third-order valence-corrected chi connectivity index (χ3v) is 9.55. The Morgan fingerprint density at radius 3 is 2.54 bits per heavy atom. The number of phenolic OH excluding ortho intramolecular Hbond substituents is 1. The van der Waals surface area contributed by atoms with E-state index in [1.807, 2.05) is 17.0 Å². The van der Waals surface area contributed by atoms with E-state index in [1.54, 1.807) is 26.2 Å². The van der Waals surface area contributed by atoms with Gasteiger partial charge < -0.3 is 15.9 Å². The summed E-state index contributed by atoms with van der Waals surface area (Å²) >= 11 is 0. The number of nitrogens with two attached hydrogens (primary N) is 1. The number of ketones is 4. The number of halogens is 1. The number of benzene rings is 2. The Morgan fingerprint density at radius 1 is 1.17 bits per heavy atom. The molecule has 2 saturated carbocycles. The van der Waals surface area contributed by atoms with E-state index in [0.29, 0.717) is 42.4 Å². The maximum absolute atomic E-state index is 13.9. The van der Waals surface area contributed by atoms with Crippen molar-refractivity contribution in [3.63, 3.8) is 0 Å². The van der Waals surface area contributed by atoms with Crippen molar-refractivity contribution in [2.24, 2.45) is 29.4 Å². The topological polar surface area (TPSA) is 158 Å². The number of likely N-dealkylation sites (N-methyl/N-ethyl adjacent to an activating group) is 1. The molecule has 1 amide bonds. The minimum Gasteiger partial charge on any atom is -0.507 e. The van der Waals surface area contributed by atoms with Crippen molar-refractivity contribution in [2.75, 3.05) is 27.2 Å². The summed E-state index contributed by atoms with van der Waals surface area (Å²) in [5.41, 5.74) is 3.94. The van der Waals surface area contributed by atoms with Crippen molar-refractivity contribution in [1.29, 1.82) is 0 Å². The molecular weight excluding hydrogens is 533 g/mol. The quantitative estimate of drug-likeness (QED) is 0.451. The minimum atomic E-state index is -2.75. The highest BCUT2D eigenvalue weighted by atomic mass is 19.1. The Balaban J connectivity index is 1.41. The van der Waals surface area contributed by atoms with E-state index in [9.17, 15) is 38.6 Å². The van der Waals surface area contributed by atoms with Gasteiger partial charge in [0.15, 0.2) is 34.7 Å². The van der Waals surface area contributed by atoms with Gasteiger partial charge in [-0.05, 0) is 61.9 Å². The zero-order valence-electron chi connectivity index (χ0n) is 22.8. The maximum atomic E-state index is 13.9. The van der Waals surface area contributed by atoms with Gasteiger partial charge in [0.2, 0.25) is 5.91 Å². The molecule has 7 atom stereocenters. The Morgan fingerprint density at radius 2 is 1.90 bits per heavy atom.